The largest absolute Gasteiger partial charge is 0.412 e. The van der Waals surface area contributed by atoms with Crippen molar-refractivity contribution in [3.8, 4) is 0 Å². The Balaban J connectivity index is 0. The molecule has 52 valence electrons. The van der Waals surface area contributed by atoms with E-state index in [1.165, 1.54) is 13.0 Å². The Hall–Kier alpha value is -0.700. The molecule has 0 saturated carbocycles. The van der Waals surface area contributed by atoms with Gasteiger partial charge in [0.25, 0.3) is 0 Å². The fourth-order valence-corrected chi connectivity index (χ4v) is 0.179. The monoisotopic (exact) mass is 151 g/mol. The Labute approximate surface area is 56.8 Å². The van der Waals surface area contributed by atoms with Crippen LogP contribution in [0, 0.1) is 0 Å². The first kappa shape index (κ1) is 11.1. The molecule has 0 aromatic rings. The van der Waals surface area contributed by atoms with E-state index in [9.17, 15) is 9.59 Å². The molecule has 0 radical (unpaired) electrons. The van der Waals surface area contributed by atoms with Gasteiger partial charge in [0.15, 0.2) is 0 Å². The first-order valence-electron chi connectivity index (χ1n) is 1.95. The molecular formula is C4H6ClNO3. The summed E-state index contributed by atoms with van der Waals surface area (Å²) in [6.07, 6.45) is 1.22. The van der Waals surface area contributed by atoms with E-state index in [1.807, 2.05) is 0 Å². The number of aliphatic imine (C=N–C) groups is 1. The van der Waals surface area contributed by atoms with Crippen LogP contribution < -0.4 is 0 Å². The van der Waals surface area contributed by atoms with Gasteiger partial charge in [0.2, 0.25) is 11.3 Å². The lowest BCUT2D eigenvalue weighted by Gasteiger charge is -1.89. The fraction of sp³-hybridized carbons (Fsp3) is 0.500. The molecule has 5 heteroatoms. The second-order valence-electron chi connectivity index (χ2n) is 1.20. The van der Waals surface area contributed by atoms with Gasteiger partial charge in [0.05, 0.1) is 0 Å². The van der Waals surface area contributed by atoms with Gasteiger partial charge >= 0.3 is 0 Å². The standard InChI is InChI=1S/C4H4ClNO2.H2O/c1-3(4(5)8)6-2-7;/h3H,1H3;1H2. The van der Waals surface area contributed by atoms with Gasteiger partial charge in [-0.1, -0.05) is 0 Å². The molecule has 0 saturated heterocycles. The fourth-order valence-electron chi connectivity index (χ4n) is 0.130. The van der Waals surface area contributed by atoms with Crippen LogP contribution >= 0.6 is 11.6 Å². The van der Waals surface area contributed by atoms with Crippen LogP contribution in [0.4, 0.5) is 0 Å². The average Bonchev–Trinajstić information content (AvgIpc) is 1.67. The van der Waals surface area contributed by atoms with E-state index in [0.29, 0.717) is 0 Å². The van der Waals surface area contributed by atoms with Gasteiger partial charge in [-0.3, -0.25) is 4.79 Å². The van der Waals surface area contributed by atoms with E-state index >= 15 is 0 Å². The third kappa shape index (κ3) is 5.17. The first-order valence-corrected chi connectivity index (χ1v) is 2.32. The summed E-state index contributed by atoms with van der Waals surface area (Å²) in [5, 5.41) is -0.645. The number of halogens is 1. The van der Waals surface area contributed by atoms with Crippen LogP contribution in [0.3, 0.4) is 0 Å². The summed E-state index contributed by atoms with van der Waals surface area (Å²) in [7, 11) is 0. The van der Waals surface area contributed by atoms with Crippen LogP contribution in [-0.4, -0.2) is 22.8 Å². The third-order valence-electron chi connectivity index (χ3n) is 0.575. The molecule has 0 heterocycles. The Morgan fingerprint density at radius 2 is 2.22 bits per heavy atom. The number of nitrogens with zero attached hydrogens (tertiary/aromatic N) is 1. The van der Waals surface area contributed by atoms with Gasteiger partial charge in [-0.15, -0.1) is 0 Å². The molecule has 2 N–H and O–H groups in total. The SMILES string of the molecule is CC(N=C=O)C(=O)Cl.O. The van der Waals surface area contributed by atoms with Gasteiger partial charge < -0.3 is 5.48 Å². The van der Waals surface area contributed by atoms with E-state index in [2.05, 4.69) is 4.99 Å². The summed E-state index contributed by atoms with van der Waals surface area (Å²) in [6.45, 7) is 1.42. The molecule has 0 spiro atoms. The molecule has 0 bridgehead atoms. The van der Waals surface area contributed by atoms with Crippen LogP contribution in [0.5, 0.6) is 0 Å². The molecule has 0 fully saturated rings. The Kier molecular flexibility index (Phi) is 6.73. The highest BCUT2D eigenvalue weighted by Crippen LogP contribution is 1.92. The number of rotatable bonds is 2. The van der Waals surface area contributed by atoms with Crippen LogP contribution in [0.25, 0.3) is 0 Å². The molecule has 0 aromatic heterocycles. The minimum absolute atomic E-state index is 0. The lowest BCUT2D eigenvalue weighted by Crippen LogP contribution is -2.05. The zero-order valence-corrected chi connectivity index (χ0v) is 5.47. The third-order valence-corrected chi connectivity index (χ3v) is 0.891. The van der Waals surface area contributed by atoms with Crippen molar-refractivity contribution in [2.75, 3.05) is 0 Å². The van der Waals surface area contributed by atoms with Gasteiger partial charge in [-0.05, 0) is 18.5 Å². The van der Waals surface area contributed by atoms with E-state index in [4.69, 9.17) is 11.6 Å². The number of hydrogen-bond donors (Lipinski definition) is 0. The maximum Gasteiger partial charge on any atom is 0.246 e. The summed E-state index contributed by atoms with van der Waals surface area (Å²) in [6, 6.07) is -0.755. The van der Waals surface area contributed by atoms with Crippen molar-refractivity contribution in [1.29, 1.82) is 0 Å². The molecule has 1 atom stereocenters. The molecule has 0 aliphatic rings. The lowest BCUT2D eigenvalue weighted by atomic mass is 10.4. The van der Waals surface area contributed by atoms with Gasteiger partial charge in [0, 0.05) is 0 Å². The highest BCUT2D eigenvalue weighted by atomic mass is 35.5. The van der Waals surface area contributed by atoms with Crippen molar-refractivity contribution in [2.45, 2.75) is 13.0 Å². The topological polar surface area (TPSA) is 78.0 Å². The lowest BCUT2D eigenvalue weighted by molar-refractivity contribution is -0.112. The van der Waals surface area contributed by atoms with E-state index in [1.54, 1.807) is 0 Å². The van der Waals surface area contributed by atoms with Crippen molar-refractivity contribution in [3.63, 3.8) is 0 Å². The van der Waals surface area contributed by atoms with Gasteiger partial charge in [-0.2, -0.15) is 4.99 Å². The van der Waals surface area contributed by atoms with Crippen LogP contribution in [0.2, 0.25) is 0 Å². The van der Waals surface area contributed by atoms with Crippen LogP contribution in [-0.2, 0) is 9.59 Å². The number of hydrogen-bond acceptors (Lipinski definition) is 3. The number of carbonyl (C=O) groups excluding carboxylic acids is 2. The average molecular weight is 152 g/mol. The van der Waals surface area contributed by atoms with Crippen molar-refractivity contribution < 1.29 is 15.1 Å². The predicted molar refractivity (Wildman–Crippen MR) is 32.1 cm³/mol. The minimum atomic E-state index is -0.755. The first-order chi connectivity index (χ1) is 3.68. The summed E-state index contributed by atoms with van der Waals surface area (Å²) in [5.41, 5.74) is 0. The van der Waals surface area contributed by atoms with E-state index in [0.717, 1.165) is 0 Å². The summed E-state index contributed by atoms with van der Waals surface area (Å²) in [4.78, 5) is 22.5. The smallest absolute Gasteiger partial charge is 0.246 e. The Morgan fingerprint density at radius 1 is 1.78 bits per heavy atom. The number of carbonyl (C=O) groups is 1. The Morgan fingerprint density at radius 3 is 2.33 bits per heavy atom. The maximum atomic E-state index is 10.0. The van der Waals surface area contributed by atoms with Crippen molar-refractivity contribution in [1.82, 2.24) is 0 Å². The normalized spacial score (nSPS) is 10.4. The molecule has 0 aromatic carbocycles. The van der Waals surface area contributed by atoms with Crippen molar-refractivity contribution in [3.05, 3.63) is 0 Å². The van der Waals surface area contributed by atoms with E-state index < -0.39 is 11.3 Å². The maximum absolute atomic E-state index is 10.0. The highest BCUT2D eigenvalue weighted by Gasteiger charge is 2.05. The quantitative estimate of drug-likeness (QED) is 0.307. The molecule has 0 aliphatic heterocycles. The molecule has 9 heavy (non-hydrogen) atoms. The van der Waals surface area contributed by atoms with Gasteiger partial charge in [-0.25, -0.2) is 4.79 Å². The van der Waals surface area contributed by atoms with Crippen LogP contribution in [0.1, 0.15) is 6.92 Å². The zero-order valence-electron chi connectivity index (χ0n) is 4.72. The second-order valence-corrected chi connectivity index (χ2v) is 1.57. The zero-order chi connectivity index (χ0) is 6.57. The second kappa shape index (κ2) is 5.44. The molecule has 0 rings (SSSR count). The molecule has 0 aliphatic carbocycles. The van der Waals surface area contributed by atoms with E-state index in [-0.39, 0.29) is 5.48 Å². The molecular weight excluding hydrogens is 146 g/mol. The molecule has 4 nitrogen and oxygen atoms in total. The van der Waals surface area contributed by atoms with Crippen molar-refractivity contribution in [2.24, 2.45) is 4.99 Å². The predicted octanol–water partition coefficient (Wildman–Crippen LogP) is -0.349. The highest BCUT2D eigenvalue weighted by molar-refractivity contribution is 6.64. The van der Waals surface area contributed by atoms with Gasteiger partial charge in [0.1, 0.15) is 6.04 Å². The minimum Gasteiger partial charge on any atom is -0.412 e. The summed E-state index contributed by atoms with van der Waals surface area (Å²) < 4.78 is 0. The van der Waals surface area contributed by atoms with Crippen molar-refractivity contribution >= 4 is 22.9 Å². The number of isocyanates is 1. The Bertz CT molecular complexity index is 139. The van der Waals surface area contributed by atoms with Crippen LogP contribution in [0.15, 0.2) is 4.99 Å². The summed E-state index contributed by atoms with van der Waals surface area (Å²) >= 11 is 4.90. The summed E-state index contributed by atoms with van der Waals surface area (Å²) in [5.74, 6) is 0. The molecule has 0 amide bonds. The molecule has 1 unspecified atom stereocenters.